The van der Waals surface area contributed by atoms with E-state index in [1.165, 1.54) is 11.1 Å². The predicted molar refractivity (Wildman–Crippen MR) is 106 cm³/mol. The molecule has 144 valence electrons. The number of ether oxygens (including phenoxy) is 3. The molecule has 0 aromatic heterocycles. The summed E-state index contributed by atoms with van der Waals surface area (Å²) in [5.74, 6) is 2.23. The van der Waals surface area contributed by atoms with Crippen LogP contribution in [0.1, 0.15) is 22.3 Å². The van der Waals surface area contributed by atoms with Crippen molar-refractivity contribution < 1.29 is 19.3 Å². The molecule has 1 aliphatic heterocycles. The summed E-state index contributed by atoms with van der Waals surface area (Å²) in [5, 5.41) is 10.5. The first kappa shape index (κ1) is 19.1. The van der Waals surface area contributed by atoms with Gasteiger partial charge < -0.3 is 19.3 Å². The monoisotopic (exact) mass is 369 g/mol. The number of methoxy groups -OCH3 is 3. The predicted octanol–water partition coefficient (Wildman–Crippen LogP) is 3.70. The van der Waals surface area contributed by atoms with Crippen molar-refractivity contribution in [3.8, 4) is 23.0 Å². The summed E-state index contributed by atoms with van der Waals surface area (Å²) in [6, 6.07) is 8.01. The lowest BCUT2D eigenvalue weighted by atomic mass is 9.98. The third-order valence-electron chi connectivity index (χ3n) is 5.00. The van der Waals surface area contributed by atoms with Crippen molar-refractivity contribution in [2.75, 3.05) is 27.9 Å². The average Bonchev–Trinajstić information content (AvgIpc) is 2.69. The van der Waals surface area contributed by atoms with E-state index in [0.717, 1.165) is 48.6 Å². The number of aromatic hydroxyl groups is 1. The Balaban J connectivity index is 1.84. The van der Waals surface area contributed by atoms with Gasteiger partial charge in [0.15, 0.2) is 23.0 Å². The number of rotatable bonds is 7. The number of hydrogen-bond donors (Lipinski definition) is 1. The molecule has 0 aliphatic carbocycles. The van der Waals surface area contributed by atoms with Crippen LogP contribution in [0.3, 0.4) is 0 Å². The molecule has 5 nitrogen and oxygen atoms in total. The van der Waals surface area contributed by atoms with Crippen LogP contribution in [0.15, 0.2) is 36.9 Å². The minimum absolute atomic E-state index is 0.212. The Hall–Kier alpha value is -2.66. The smallest absolute Gasteiger partial charge is 0.162 e. The first-order chi connectivity index (χ1) is 13.1. The number of nitrogens with zero attached hydrogens (tertiary/aromatic N) is 1. The van der Waals surface area contributed by atoms with Gasteiger partial charge in [0, 0.05) is 25.2 Å². The summed E-state index contributed by atoms with van der Waals surface area (Å²) in [4.78, 5) is 2.32. The van der Waals surface area contributed by atoms with Crippen LogP contribution in [0.25, 0.3) is 0 Å². The van der Waals surface area contributed by atoms with Crippen LogP contribution in [-0.4, -0.2) is 37.9 Å². The van der Waals surface area contributed by atoms with E-state index in [-0.39, 0.29) is 5.75 Å². The van der Waals surface area contributed by atoms with Crippen LogP contribution in [0.2, 0.25) is 0 Å². The van der Waals surface area contributed by atoms with Crippen molar-refractivity contribution in [2.24, 2.45) is 0 Å². The Morgan fingerprint density at radius 2 is 1.67 bits per heavy atom. The highest BCUT2D eigenvalue weighted by Gasteiger charge is 2.21. The van der Waals surface area contributed by atoms with E-state index in [9.17, 15) is 5.11 Å². The van der Waals surface area contributed by atoms with E-state index in [0.29, 0.717) is 12.3 Å². The lowest BCUT2D eigenvalue weighted by molar-refractivity contribution is 0.240. The molecule has 0 bridgehead atoms. The molecule has 0 saturated heterocycles. The van der Waals surface area contributed by atoms with Crippen molar-refractivity contribution in [1.29, 1.82) is 0 Å². The number of fused-ring (bicyclic) bond motifs is 1. The molecule has 5 heteroatoms. The van der Waals surface area contributed by atoms with Crippen molar-refractivity contribution in [3.63, 3.8) is 0 Å². The topological polar surface area (TPSA) is 51.2 Å². The third kappa shape index (κ3) is 4.03. The van der Waals surface area contributed by atoms with Gasteiger partial charge >= 0.3 is 0 Å². The van der Waals surface area contributed by atoms with E-state index in [1.54, 1.807) is 21.3 Å². The number of hydrogen-bond acceptors (Lipinski definition) is 5. The summed E-state index contributed by atoms with van der Waals surface area (Å²) >= 11 is 0. The molecule has 3 rings (SSSR count). The SMILES string of the molecule is C=CCc1cc(CN2CCc3cc(OC)c(OC)cc3C2)c(O)c(OC)c1. The van der Waals surface area contributed by atoms with Gasteiger partial charge in [0.2, 0.25) is 0 Å². The maximum absolute atomic E-state index is 10.5. The Bertz CT molecular complexity index is 832. The summed E-state index contributed by atoms with van der Waals surface area (Å²) in [6.07, 6.45) is 3.52. The molecule has 0 unspecified atom stereocenters. The zero-order chi connectivity index (χ0) is 19.4. The van der Waals surface area contributed by atoms with Crippen molar-refractivity contribution in [1.82, 2.24) is 4.90 Å². The zero-order valence-electron chi connectivity index (χ0n) is 16.2. The largest absolute Gasteiger partial charge is 0.504 e. The Morgan fingerprint density at radius 3 is 2.30 bits per heavy atom. The summed E-state index contributed by atoms with van der Waals surface area (Å²) in [7, 11) is 4.89. The highest BCUT2D eigenvalue weighted by molar-refractivity contribution is 5.50. The molecule has 2 aromatic rings. The van der Waals surface area contributed by atoms with E-state index in [1.807, 2.05) is 18.2 Å². The normalized spacial score (nSPS) is 13.7. The van der Waals surface area contributed by atoms with Gasteiger partial charge in [-0.1, -0.05) is 12.1 Å². The van der Waals surface area contributed by atoms with Crippen LogP contribution in [0, 0.1) is 0 Å². The zero-order valence-corrected chi connectivity index (χ0v) is 16.2. The summed E-state index contributed by atoms with van der Waals surface area (Å²) in [5.41, 5.74) is 4.47. The molecule has 0 atom stereocenters. The number of phenols is 1. The van der Waals surface area contributed by atoms with Crippen LogP contribution in [-0.2, 0) is 25.9 Å². The van der Waals surface area contributed by atoms with Crippen LogP contribution < -0.4 is 14.2 Å². The maximum atomic E-state index is 10.5. The lowest BCUT2D eigenvalue weighted by Crippen LogP contribution is -2.30. The number of benzene rings is 2. The highest BCUT2D eigenvalue weighted by Crippen LogP contribution is 2.36. The molecular weight excluding hydrogens is 342 g/mol. The van der Waals surface area contributed by atoms with Crippen molar-refractivity contribution in [3.05, 3.63) is 59.2 Å². The average molecular weight is 369 g/mol. The second-order valence-electron chi connectivity index (χ2n) is 6.74. The summed E-state index contributed by atoms with van der Waals surface area (Å²) < 4.78 is 16.2. The molecule has 0 fully saturated rings. The molecule has 1 heterocycles. The summed E-state index contributed by atoms with van der Waals surface area (Å²) in [6.45, 7) is 6.16. The van der Waals surface area contributed by atoms with Gasteiger partial charge in [0.05, 0.1) is 21.3 Å². The van der Waals surface area contributed by atoms with Crippen molar-refractivity contribution >= 4 is 0 Å². The fraction of sp³-hybridized carbons (Fsp3) is 0.364. The minimum Gasteiger partial charge on any atom is -0.504 e. The maximum Gasteiger partial charge on any atom is 0.162 e. The Kier molecular flexibility index (Phi) is 5.91. The van der Waals surface area contributed by atoms with Gasteiger partial charge in [-0.25, -0.2) is 0 Å². The molecule has 1 aliphatic rings. The van der Waals surface area contributed by atoms with Crippen LogP contribution >= 0.6 is 0 Å². The number of allylic oxidation sites excluding steroid dienone is 1. The lowest BCUT2D eigenvalue weighted by Gasteiger charge is -2.30. The van der Waals surface area contributed by atoms with E-state index in [2.05, 4.69) is 23.6 Å². The van der Waals surface area contributed by atoms with E-state index in [4.69, 9.17) is 14.2 Å². The highest BCUT2D eigenvalue weighted by atomic mass is 16.5. The van der Waals surface area contributed by atoms with E-state index >= 15 is 0 Å². The van der Waals surface area contributed by atoms with Gasteiger partial charge in [-0.15, -0.1) is 6.58 Å². The third-order valence-corrected chi connectivity index (χ3v) is 5.00. The second kappa shape index (κ2) is 8.35. The molecule has 0 amide bonds. The first-order valence-electron chi connectivity index (χ1n) is 9.05. The second-order valence-corrected chi connectivity index (χ2v) is 6.74. The molecular formula is C22H27NO4. The van der Waals surface area contributed by atoms with Gasteiger partial charge in [0.25, 0.3) is 0 Å². The van der Waals surface area contributed by atoms with Gasteiger partial charge in [-0.3, -0.25) is 4.90 Å². The van der Waals surface area contributed by atoms with Gasteiger partial charge in [0.1, 0.15) is 0 Å². The molecule has 0 saturated carbocycles. The van der Waals surface area contributed by atoms with Gasteiger partial charge in [-0.2, -0.15) is 0 Å². The first-order valence-corrected chi connectivity index (χ1v) is 9.05. The quantitative estimate of drug-likeness (QED) is 0.754. The number of phenolic OH excluding ortho intramolecular Hbond substituents is 1. The van der Waals surface area contributed by atoms with Crippen molar-refractivity contribution in [2.45, 2.75) is 25.9 Å². The minimum atomic E-state index is 0.212. The molecule has 0 radical (unpaired) electrons. The molecule has 0 spiro atoms. The molecule has 2 aromatic carbocycles. The van der Waals surface area contributed by atoms with E-state index < -0.39 is 0 Å². The van der Waals surface area contributed by atoms with Crippen LogP contribution in [0.5, 0.6) is 23.0 Å². The fourth-order valence-electron chi connectivity index (χ4n) is 3.61. The standard InChI is InChI=1S/C22H27NO4/c1-5-6-15-9-18(22(24)21(10-15)27-4)14-23-8-7-16-11-19(25-2)20(26-3)12-17(16)13-23/h5,9-12,24H,1,6-8,13-14H2,2-4H3. The molecule has 27 heavy (non-hydrogen) atoms. The molecule has 1 N–H and O–H groups in total. The van der Waals surface area contributed by atoms with Crippen LogP contribution in [0.4, 0.5) is 0 Å². The Labute approximate surface area is 160 Å². The Morgan fingerprint density at radius 1 is 1.00 bits per heavy atom. The fourth-order valence-corrected chi connectivity index (χ4v) is 3.61. The van der Waals surface area contributed by atoms with Gasteiger partial charge in [-0.05, 0) is 47.7 Å².